The maximum atomic E-state index is 13.8. The molecule has 3 N–H and O–H groups in total. The topological polar surface area (TPSA) is 47.3 Å². The average Bonchev–Trinajstić information content (AvgIpc) is 2.48. The second-order valence-corrected chi connectivity index (χ2v) is 4.99. The molecule has 2 rings (SSSR count). The molecule has 0 aliphatic carbocycles. The summed E-state index contributed by atoms with van der Waals surface area (Å²) < 4.78 is 32.4. The molecule has 21 heavy (non-hydrogen) atoms. The van der Waals surface area contributed by atoms with E-state index in [2.05, 4.69) is 5.43 Å². The van der Waals surface area contributed by atoms with Crippen molar-refractivity contribution in [3.05, 3.63) is 64.2 Å². The highest BCUT2D eigenvalue weighted by atomic mass is 35.5. The maximum absolute atomic E-state index is 13.8. The molecule has 0 aromatic heterocycles. The molecule has 0 bridgehead atoms. The van der Waals surface area contributed by atoms with E-state index in [9.17, 15) is 8.78 Å². The largest absolute Gasteiger partial charge is 0.494 e. The molecule has 0 amide bonds. The summed E-state index contributed by atoms with van der Waals surface area (Å²) in [4.78, 5) is 0. The van der Waals surface area contributed by atoms with Gasteiger partial charge in [0, 0.05) is 5.02 Å². The molecule has 2 aromatic rings. The Hall–Kier alpha value is -1.69. The van der Waals surface area contributed by atoms with E-state index in [1.165, 1.54) is 37.4 Å². The zero-order chi connectivity index (χ0) is 15.4. The number of hydrogen-bond donors (Lipinski definition) is 2. The summed E-state index contributed by atoms with van der Waals surface area (Å²) in [6.45, 7) is 0. The van der Waals surface area contributed by atoms with Gasteiger partial charge in [0.25, 0.3) is 0 Å². The highest BCUT2D eigenvalue weighted by Crippen LogP contribution is 2.25. The molecule has 0 saturated carbocycles. The van der Waals surface area contributed by atoms with Gasteiger partial charge in [0.15, 0.2) is 11.6 Å². The van der Waals surface area contributed by atoms with E-state index in [-0.39, 0.29) is 18.0 Å². The van der Waals surface area contributed by atoms with Crippen LogP contribution in [0.15, 0.2) is 36.4 Å². The zero-order valence-corrected chi connectivity index (χ0v) is 12.1. The van der Waals surface area contributed by atoms with Gasteiger partial charge in [-0.15, -0.1) is 0 Å². The van der Waals surface area contributed by atoms with Crippen LogP contribution < -0.4 is 16.0 Å². The van der Waals surface area contributed by atoms with Crippen molar-refractivity contribution in [1.82, 2.24) is 5.43 Å². The molecule has 1 atom stereocenters. The Kier molecular flexibility index (Phi) is 5.12. The predicted molar refractivity (Wildman–Crippen MR) is 78.1 cm³/mol. The fourth-order valence-corrected chi connectivity index (χ4v) is 2.29. The van der Waals surface area contributed by atoms with Gasteiger partial charge in [-0.25, -0.2) is 8.78 Å². The minimum absolute atomic E-state index is 0.142. The number of halogens is 3. The number of benzene rings is 2. The number of nitrogens with one attached hydrogen (secondary N) is 1. The Morgan fingerprint density at radius 1 is 1.19 bits per heavy atom. The quantitative estimate of drug-likeness (QED) is 0.657. The van der Waals surface area contributed by atoms with Gasteiger partial charge in [-0.2, -0.15) is 0 Å². The van der Waals surface area contributed by atoms with E-state index in [0.717, 1.165) is 0 Å². The molecule has 0 heterocycles. The smallest absolute Gasteiger partial charge is 0.165 e. The normalized spacial score (nSPS) is 12.2. The fourth-order valence-electron chi connectivity index (χ4n) is 2.09. The van der Waals surface area contributed by atoms with Gasteiger partial charge in [0.1, 0.15) is 5.82 Å². The number of ether oxygens (including phenoxy) is 1. The van der Waals surface area contributed by atoms with Crippen LogP contribution in [0.4, 0.5) is 8.78 Å². The average molecular weight is 313 g/mol. The Morgan fingerprint density at radius 3 is 2.57 bits per heavy atom. The first-order valence-electron chi connectivity index (χ1n) is 6.28. The van der Waals surface area contributed by atoms with E-state index in [4.69, 9.17) is 22.2 Å². The van der Waals surface area contributed by atoms with Crippen molar-refractivity contribution in [3.63, 3.8) is 0 Å². The third-order valence-electron chi connectivity index (χ3n) is 3.21. The Bertz CT molecular complexity index is 637. The van der Waals surface area contributed by atoms with E-state index in [0.29, 0.717) is 16.1 Å². The Morgan fingerprint density at radius 2 is 1.95 bits per heavy atom. The van der Waals surface area contributed by atoms with Gasteiger partial charge < -0.3 is 4.74 Å². The van der Waals surface area contributed by atoms with E-state index in [1.807, 2.05) is 0 Å². The molecule has 112 valence electrons. The lowest BCUT2D eigenvalue weighted by Gasteiger charge is -2.17. The van der Waals surface area contributed by atoms with Crippen LogP contribution in [0, 0.1) is 11.6 Å². The van der Waals surface area contributed by atoms with Crippen LogP contribution >= 0.6 is 11.6 Å². The van der Waals surface area contributed by atoms with Crippen molar-refractivity contribution in [2.75, 3.05) is 7.11 Å². The molecular weight excluding hydrogens is 298 g/mol. The summed E-state index contributed by atoms with van der Waals surface area (Å²) in [7, 11) is 1.39. The number of nitrogens with two attached hydrogens (primary N) is 1. The molecule has 0 saturated heterocycles. The third-order valence-corrected chi connectivity index (χ3v) is 3.45. The van der Waals surface area contributed by atoms with Crippen molar-refractivity contribution < 1.29 is 13.5 Å². The molecule has 6 heteroatoms. The molecule has 0 fully saturated rings. The van der Waals surface area contributed by atoms with Gasteiger partial charge >= 0.3 is 0 Å². The van der Waals surface area contributed by atoms with Crippen LogP contribution in [0.3, 0.4) is 0 Å². The summed E-state index contributed by atoms with van der Waals surface area (Å²) in [6.07, 6.45) is 0.245. The van der Waals surface area contributed by atoms with Crippen molar-refractivity contribution in [1.29, 1.82) is 0 Å². The monoisotopic (exact) mass is 312 g/mol. The van der Waals surface area contributed by atoms with Crippen molar-refractivity contribution in [2.45, 2.75) is 12.5 Å². The minimum atomic E-state index is -0.498. The molecule has 2 aromatic carbocycles. The van der Waals surface area contributed by atoms with E-state index < -0.39 is 11.9 Å². The highest BCUT2D eigenvalue weighted by Gasteiger charge is 2.15. The maximum Gasteiger partial charge on any atom is 0.165 e. The molecule has 0 spiro atoms. The Labute approximate surface area is 126 Å². The second kappa shape index (κ2) is 6.85. The SMILES string of the molecule is COc1ccc(C(Cc2cc(Cl)ccc2F)NN)cc1F. The van der Waals surface area contributed by atoms with Crippen molar-refractivity contribution in [3.8, 4) is 5.75 Å². The lowest BCUT2D eigenvalue weighted by atomic mass is 9.99. The summed E-state index contributed by atoms with van der Waals surface area (Å²) in [5.41, 5.74) is 3.56. The first-order chi connectivity index (χ1) is 10.0. The third kappa shape index (κ3) is 3.69. The van der Waals surface area contributed by atoms with Crippen molar-refractivity contribution in [2.24, 2.45) is 5.84 Å². The zero-order valence-electron chi connectivity index (χ0n) is 11.4. The van der Waals surface area contributed by atoms with Crippen LogP contribution in [-0.2, 0) is 6.42 Å². The molecule has 3 nitrogen and oxygen atoms in total. The van der Waals surface area contributed by atoms with E-state index in [1.54, 1.807) is 6.07 Å². The standard InChI is InChI=1S/C15H15ClF2N2O/c1-21-15-5-2-9(7-13(15)18)14(20-19)8-10-6-11(16)3-4-12(10)17/h2-7,14,20H,8,19H2,1H3. The van der Waals surface area contributed by atoms with Crippen LogP contribution in [-0.4, -0.2) is 7.11 Å². The number of rotatable bonds is 5. The van der Waals surface area contributed by atoms with Crippen LogP contribution in [0.5, 0.6) is 5.75 Å². The summed E-state index contributed by atoms with van der Waals surface area (Å²) in [5.74, 6) is 4.77. The number of hydrazine groups is 1. The summed E-state index contributed by atoms with van der Waals surface area (Å²) in [5, 5.41) is 0.433. The van der Waals surface area contributed by atoms with Gasteiger partial charge in [-0.05, 0) is 47.9 Å². The highest BCUT2D eigenvalue weighted by molar-refractivity contribution is 6.30. The van der Waals surface area contributed by atoms with Crippen LogP contribution in [0.2, 0.25) is 5.02 Å². The first kappa shape index (κ1) is 15.7. The van der Waals surface area contributed by atoms with Gasteiger partial charge in [0.05, 0.1) is 13.2 Å². The van der Waals surface area contributed by atoms with E-state index >= 15 is 0 Å². The molecule has 0 aliphatic rings. The molecule has 1 unspecified atom stereocenters. The number of methoxy groups -OCH3 is 1. The van der Waals surface area contributed by atoms with Crippen LogP contribution in [0.1, 0.15) is 17.2 Å². The molecule has 0 radical (unpaired) electrons. The molecule has 0 aliphatic heterocycles. The minimum Gasteiger partial charge on any atom is -0.494 e. The van der Waals surface area contributed by atoms with Gasteiger partial charge in [-0.1, -0.05) is 17.7 Å². The first-order valence-corrected chi connectivity index (χ1v) is 6.66. The van der Waals surface area contributed by atoms with Crippen LogP contribution in [0.25, 0.3) is 0 Å². The summed E-state index contributed by atoms with van der Waals surface area (Å²) >= 11 is 5.86. The lowest BCUT2D eigenvalue weighted by Crippen LogP contribution is -2.30. The Balaban J connectivity index is 2.27. The number of hydrogen-bond acceptors (Lipinski definition) is 3. The van der Waals surface area contributed by atoms with Gasteiger partial charge in [0.2, 0.25) is 0 Å². The summed E-state index contributed by atoms with van der Waals surface area (Å²) in [6, 6.07) is 8.34. The second-order valence-electron chi connectivity index (χ2n) is 4.55. The van der Waals surface area contributed by atoms with Gasteiger partial charge in [-0.3, -0.25) is 11.3 Å². The lowest BCUT2D eigenvalue weighted by molar-refractivity contribution is 0.385. The predicted octanol–water partition coefficient (Wildman–Crippen LogP) is 3.37. The molecular formula is C15H15ClF2N2O. The van der Waals surface area contributed by atoms with Crippen molar-refractivity contribution >= 4 is 11.6 Å². The fraction of sp³-hybridized carbons (Fsp3) is 0.200.